The van der Waals surface area contributed by atoms with Crippen molar-refractivity contribution in [2.75, 3.05) is 13.2 Å². The molecule has 1 fully saturated rings. The van der Waals surface area contributed by atoms with Gasteiger partial charge in [0.25, 0.3) is 0 Å². The standard InChI is InChI=1S/C8H16OS/c1-7(2)10-8-4-3-5-9-6-8/h7-8H,3-6H2,1-2H3. The maximum atomic E-state index is 5.36. The Morgan fingerprint density at radius 2 is 2.30 bits per heavy atom. The molecule has 0 aromatic rings. The summed E-state index contributed by atoms with van der Waals surface area (Å²) in [5.74, 6) is 0. The maximum absolute atomic E-state index is 5.36. The van der Waals surface area contributed by atoms with Gasteiger partial charge in [0, 0.05) is 11.9 Å². The fourth-order valence-corrected chi connectivity index (χ4v) is 2.45. The average molecular weight is 160 g/mol. The van der Waals surface area contributed by atoms with E-state index in [4.69, 9.17) is 4.74 Å². The number of hydrogen-bond acceptors (Lipinski definition) is 2. The highest BCUT2D eigenvalue weighted by atomic mass is 32.2. The summed E-state index contributed by atoms with van der Waals surface area (Å²) in [6, 6.07) is 0. The Bertz CT molecular complexity index is 87.3. The van der Waals surface area contributed by atoms with Crippen LogP contribution in [0.3, 0.4) is 0 Å². The Kier molecular flexibility index (Phi) is 3.57. The summed E-state index contributed by atoms with van der Waals surface area (Å²) in [5.41, 5.74) is 0. The molecule has 0 amide bonds. The zero-order chi connectivity index (χ0) is 7.40. The SMILES string of the molecule is CC(C)SC1CCCOC1. The lowest BCUT2D eigenvalue weighted by molar-refractivity contribution is 0.101. The van der Waals surface area contributed by atoms with Gasteiger partial charge in [-0.25, -0.2) is 0 Å². The van der Waals surface area contributed by atoms with Gasteiger partial charge in [-0.1, -0.05) is 13.8 Å². The topological polar surface area (TPSA) is 9.23 Å². The Morgan fingerprint density at radius 1 is 1.50 bits per heavy atom. The van der Waals surface area contributed by atoms with Gasteiger partial charge in [-0.15, -0.1) is 0 Å². The van der Waals surface area contributed by atoms with Crippen molar-refractivity contribution >= 4 is 11.8 Å². The van der Waals surface area contributed by atoms with Crippen LogP contribution in [0.15, 0.2) is 0 Å². The van der Waals surface area contributed by atoms with E-state index in [1.54, 1.807) is 0 Å². The van der Waals surface area contributed by atoms with E-state index < -0.39 is 0 Å². The van der Waals surface area contributed by atoms with E-state index >= 15 is 0 Å². The second kappa shape index (κ2) is 4.24. The monoisotopic (exact) mass is 160 g/mol. The van der Waals surface area contributed by atoms with Gasteiger partial charge < -0.3 is 4.74 Å². The molecule has 0 aromatic heterocycles. The first-order chi connectivity index (χ1) is 4.79. The van der Waals surface area contributed by atoms with E-state index in [1.165, 1.54) is 12.8 Å². The summed E-state index contributed by atoms with van der Waals surface area (Å²) in [7, 11) is 0. The molecular weight excluding hydrogens is 144 g/mol. The van der Waals surface area contributed by atoms with Crippen molar-refractivity contribution < 1.29 is 4.74 Å². The molecule has 0 radical (unpaired) electrons. The molecule has 0 saturated carbocycles. The van der Waals surface area contributed by atoms with Gasteiger partial charge >= 0.3 is 0 Å². The Balaban J connectivity index is 2.13. The summed E-state index contributed by atoms with van der Waals surface area (Å²) in [4.78, 5) is 0. The van der Waals surface area contributed by atoms with E-state index in [1.807, 2.05) is 0 Å². The fourth-order valence-electron chi connectivity index (χ4n) is 1.20. The average Bonchev–Trinajstić information content (AvgIpc) is 1.88. The molecule has 0 bridgehead atoms. The van der Waals surface area contributed by atoms with Crippen LogP contribution in [0.4, 0.5) is 0 Å². The van der Waals surface area contributed by atoms with Gasteiger partial charge in [0.15, 0.2) is 0 Å². The molecule has 1 unspecified atom stereocenters. The second-order valence-electron chi connectivity index (χ2n) is 3.02. The third-order valence-corrected chi connectivity index (χ3v) is 2.88. The molecule has 10 heavy (non-hydrogen) atoms. The first kappa shape index (κ1) is 8.41. The van der Waals surface area contributed by atoms with Crippen molar-refractivity contribution in [1.29, 1.82) is 0 Å². The van der Waals surface area contributed by atoms with Crippen LogP contribution in [0.5, 0.6) is 0 Å². The second-order valence-corrected chi connectivity index (χ2v) is 4.91. The number of thioether (sulfide) groups is 1. The maximum Gasteiger partial charge on any atom is 0.0585 e. The molecule has 1 nitrogen and oxygen atoms in total. The van der Waals surface area contributed by atoms with Crippen LogP contribution >= 0.6 is 11.8 Å². The number of rotatable bonds is 2. The first-order valence-corrected chi connectivity index (χ1v) is 4.96. The highest BCUT2D eigenvalue weighted by Gasteiger charge is 2.14. The molecule has 1 rings (SSSR count). The van der Waals surface area contributed by atoms with Crippen molar-refractivity contribution in [1.82, 2.24) is 0 Å². The van der Waals surface area contributed by atoms with E-state index in [-0.39, 0.29) is 0 Å². The van der Waals surface area contributed by atoms with E-state index in [0.717, 1.165) is 23.7 Å². The summed E-state index contributed by atoms with van der Waals surface area (Å²) < 4.78 is 5.36. The molecule has 1 aliphatic heterocycles. The smallest absolute Gasteiger partial charge is 0.0585 e. The molecular formula is C8H16OS. The molecule has 2 heteroatoms. The zero-order valence-corrected chi connectivity index (χ0v) is 7.62. The van der Waals surface area contributed by atoms with Crippen molar-refractivity contribution in [3.05, 3.63) is 0 Å². The van der Waals surface area contributed by atoms with E-state index in [0.29, 0.717) is 0 Å². The van der Waals surface area contributed by atoms with Crippen LogP contribution in [0.1, 0.15) is 26.7 Å². The summed E-state index contributed by atoms with van der Waals surface area (Å²) in [5, 5.41) is 1.53. The Hall–Kier alpha value is 0.310. The van der Waals surface area contributed by atoms with Crippen molar-refractivity contribution in [3.63, 3.8) is 0 Å². The van der Waals surface area contributed by atoms with Gasteiger partial charge in [-0.2, -0.15) is 11.8 Å². The number of hydrogen-bond donors (Lipinski definition) is 0. The minimum atomic E-state index is 0.756. The van der Waals surface area contributed by atoms with Gasteiger partial charge in [0.1, 0.15) is 0 Å². The lowest BCUT2D eigenvalue weighted by Crippen LogP contribution is -2.20. The molecule has 1 heterocycles. The molecule has 60 valence electrons. The predicted octanol–water partition coefficient (Wildman–Crippen LogP) is 2.31. The predicted molar refractivity (Wildman–Crippen MR) is 46.6 cm³/mol. The van der Waals surface area contributed by atoms with Gasteiger partial charge in [-0.3, -0.25) is 0 Å². The third-order valence-electron chi connectivity index (χ3n) is 1.58. The quantitative estimate of drug-likeness (QED) is 0.613. The highest BCUT2D eigenvalue weighted by Crippen LogP contribution is 2.24. The van der Waals surface area contributed by atoms with Crippen LogP contribution in [-0.4, -0.2) is 23.7 Å². The molecule has 1 aliphatic rings. The number of ether oxygens (including phenoxy) is 1. The fraction of sp³-hybridized carbons (Fsp3) is 1.00. The normalized spacial score (nSPS) is 27.3. The van der Waals surface area contributed by atoms with Crippen LogP contribution in [-0.2, 0) is 4.74 Å². The molecule has 0 N–H and O–H groups in total. The van der Waals surface area contributed by atoms with E-state index in [9.17, 15) is 0 Å². The van der Waals surface area contributed by atoms with Gasteiger partial charge in [-0.05, 0) is 18.1 Å². The molecule has 0 aromatic carbocycles. The van der Waals surface area contributed by atoms with Crippen LogP contribution in [0.2, 0.25) is 0 Å². The van der Waals surface area contributed by atoms with Gasteiger partial charge in [0.2, 0.25) is 0 Å². The third kappa shape index (κ3) is 2.93. The lowest BCUT2D eigenvalue weighted by Gasteiger charge is -2.22. The molecule has 1 atom stereocenters. The molecule has 0 aliphatic carbocycles. The van der Waals surface area contributed by atoms with Gasteiger partial charge in [0.05, 0.1) is 6.61 Å². The van der Waals surface area contributed by atoms with Crippen molar-refractivity contribution in [3.8, 4) is 0 Å². The van der Waals surface area contributed by atoms with E-state index in [2.05, 4.69) is 25.6 Å². The highest BCUT2D eigenvalue weighted by molar-refractivity contribution is 8.00. The Labute approximate surface area is 67.5 Å². The molecule has 1 saturated heterocycles. The zero-order valence-electron chi connectivity index (χ0n) is 6.80. The van der Waals surface area contributed by atoms with Crippen LogP contribution in [0, 0.1) is 0 Å². The summed E-state index contributed by atoms with van der Waals surface area (Å²) in [6.07, 6.45) is 2.60. The van der Waals surface area contributed by atoms with Crippen LogP contribution < -0.4 is 0 Å². The summed E-state index contributed by atoms with van der Waals surface area (Å²) in [6.45, 7) is 6.45. The lowest BCUT2D eigenvalue weighted by atomic mass is 10.2. The van der Waals surface area contributed by atoms with Crippen molar-refractivity contribution in [2.45, 2.75) is 37.2 Å². The minimum absolute atomic E-state index is 0.756. The molecule has 0 spiro atoms. The first-order valence-electron chi connectivity index (χ1n) is 4.02. The van der Waals surface area contributed by atoms with Crippen molar-refractivity contribution in [2.24, 2.45) is 0 Å². The summed E-state index contributed by atoms with van der Waals surface area (Å²) >= 11 is 2.05. The minimum Gasteiger partial charge on any atom is -0.380 e. The van der Waals surface area contributed by atoms with Crippen LogP contribution in [0.25, 0.3) is 0 Å². The Morgan fingerprint density at radius 3 is 2.80 bits per heavy atom. The largest absolute Gasteiger partial charge is 0.380 e.